The predicted octanol–water partition coefficient (Wildman–Crippen LogP) is 32.0. The van der Waals surface area contributed by atoms with Crippen LogP contribution in [0.4, 0.5) is 0 Å². The first-order valence-electron chi connectivity index (χ1n) is 34.6. The topological polar surface area (TPSA) is 0 Å². The summed E-state index contributed by atoms with van der Waals surface area (Å²) in [6.07, 6.45) is 0. The summed E-state index contributed by atoms with van der Waals surface area (Å²) in [5.41, 5.74) is 6.17. The Morgan fingerprint density at radius 2 is 0.314 bits per heavy atom. The van der Waals surface area contributed by atoms with Crippen LogP contribution < -0.4 is 0 Å². The summed E-state index contributed by atoms with van der Waals surface area (Å²) in [6, 6.07) is 0. The maximum absolute atomic E-state index is 4.23. The van der Waals surface area contributed by atoms with E-state index in [0.717, 1.165) is 15.5 Å². The number of rotatable bonds is 14. The Bertz CT molecular complexity index is 1200. The largest absolute Gasteiger partial charge is 0.256 e. The second-order valence-corrected chi connectivity index (χ2v) is 147. The van der Waals surface area contributed by atoms with Crippen LogP contribution in [0.2, 0.25) is 392 Å². The minimum absolute atomic E-state index is 0. The van der Waals surface area contributed by atoms with Crippen molar-refractivity contribution < 1.29 is 8.56 Å². The average Bonchev–Trinajstić information content (AvgIpc) is 2.87. The highest BCUT2D eigenvalue weighted by Crippen LogP contribution is 2.41. The van der Waals surface area contributed by atoms with Gasteiger partial charge in [0.25, 0.3) is 8.07 Å². The van der Waals surface area contributed by atoms with Crippen LogP contribution in [-0.4, -0.2) is 147 Å². The highest BCUT2D eigenvalue weighted by molar-refractivity contribution is 7.13. The fourth-order valence-corrected chi connectivity index (χ4v) is 126. The van der Waals surface area contributed by atoms with Crippen LogP contribution in [0, 0.1) is 12.5 Å². The zero-order chi connectivity index (χ0) is 72.7. The molecule has 0 amide bonds. The lowest BCUT2D eigenvalue weighted by Crippen LogP contribution is -2.55. The molecule has 0 saturated carbocycles. The Morgan fingerprint density at radius 3 is 0.314 bits per heavy atom. The predicted molar refractivity (Wildman–Crippen MR) is 508 cm³/mol. The van der Waals surface area contributed by atoms with Crippen molar-refractivity contribution in [2.75, 3.05) is 0 Å². The van der Waals surface area contributed by atoms with Crippen LogP contribution in [-0.2, 0) is 0 Å². The minimum atomic E-state index is -0.981. The lowest BCUT2D eigenvalue weighted by molar-refractivity contribution is 0.737. The van der Waals surface area contributed by atoms with Crippen LogP contribution in [0.15, 0.2) is 0 Å². The third kappa shape index (κ3) is 163. The molecule has 0 aromatic rings. The lowest BCUT2D eigenvalue weighted by Gasteiger charge is -2.46. The van der Waals surface area contributed by atoms with Crippen LogP contribution >= 0.6 is 0 Å². The molecular formula is C68H209Si18+. The Balaban J connectivity index is -0.0000000379. The van der Waals surface area contributed by atoms with Crippen molar-refractivity contribution in [3.63, 3.8) is 0 Å². The van der Waals surface area contributed by atoms with Gasteiger partial charge in [0.05, 0.1) is 0 Å². The summed E-state index contributed by atoms with van der Waals surface area (Å²) >= 11 is 0. The van der Waals surface area contributed by atoms with E-state index in [-0.39, 0.29) is 41.0 Å². The molecule has 0 unspecified atom stereocenters. The van der Waals surface area contributed by atoms with E-state index in [1.165, 1.54) is 5.67 Å². The second kappa shape index (κ2) is 48.5. The monoisotopic (exact) mass is 1530 g/mol. The van der Waals surface area contributed by atoms with Crippen molar-refractivity contribution in [3.8, 4) is 0 Å². The highest BCUT2D eigenvalue weighted by Gasteiger charge is 2.46. The van der Waals surface area contributed by atoms with Crippen molar-refractivity contribution in [2.24, 2.45) is 5.92 Å². The van der Waals surface area contributed by atoms with Gasteiger partial charge in [0, 0.05) is 154 Å². The van der Waals surface area contributed by atoms with Gasteiger partial charge in [-0.1, -0.05) is 409 Å². The van der Waals surface area contributed by atoms with E-state index in [2.05, 4.69) is 387 Å². The molecule has 0 aliphatic rings. The van der Waals surface area contributed by atoms with E-state index >= 15 is 0 Å². The standard InChI is InChI=1S/2C10H28Si3.3C7H20Si2.C7H19Si2.2C4H12Si.C4H10.2C3H10Si.2CH4.6H2/c2*1-11(2,3)10(12(4,5)6)13(7,8)9;4*1-8(2,3)7-9(4,5)6;2*1-5(2,3)4;3*1-4(2)3;;;;;;;;/h2*10H,1-9H3;3*7H2,1-6H3;1,7H2,2-6H3;2*1-4H3;3*4H,1-3H3;2*1H4;6*1H/q;;;;;+1;;;;;;;;;;;;;/i;;;;;;;;;;;;;4*1+1;;. The first-order valence-corrected chi connectivity index (χ1v) is 100. The number of hydrogen-bond donors (Lipinski definition) is 0. The first kappa shape index (κ1) is 120. The number of hydrogen-bond acceptors (Lipinski definition) is 0. The molecular weight excluding hydrogens is 1320 g/mol. The van der Waals surface area contributed by atoms with Crippen LogP contribution in [0.5, 0.6) is 0 Å². The molecule has 0 bridgehead atoms. The summed E-state index contributed by atoms with van der Waals surface area (Å²) < 4.78 is 0. The van der Waals surface area contributed by atoms with Crippen molar-refractivity contribution >= 4 is 147 Å². The van der Waals surface area contributed by atoms with Crippen molar-refractivity contribution in [2.45, 2.75) is 428 Å². The van der Waals surface area contributed by atoms with Crippen LogP contribution in [0.3, 0.4) is 0 Å². The summed E-state index contributed by atoms with van der Waals surface area (Å²) in [7, 11) is -13.3. The Labute approximate surface area is 590 Å². The van der Waals surface area contributed by atoms with Gasteiger partial charge in [0.15, 0.2) is 0 Å². The molecule has 552 valence electrons. The van der Waals surface area contributed by atoms with E-state index in [0.29, 0.717) is 0 Å². The van der Waals surface area contributed by atoms with Gasteiger partial charge in [0.2, 0.25) is 0 Å². The van der Waals surface area contributed by atoms with Gasteiger partial charge in [-0.15, -0.1) is 0 Å². The molecule has 0 fully saturated rings. The molecule has 0 aromatic carbocycles. The van der Waals surface area contributed by atoms with Crippen LogP contribution in [0.25, 0.3) is 0 Å². The van der Waals surface area contributed by atoms with Gasteiger partial charge >= 0.3 is 0 Å². The maximum atomic E-state index is 4.23. The molecule has 18 heteroatoms. The summed E-state index contributed by atoms with van der Waals surface area (Å²) in [6.45, 7) is 146. The molecule has 0 N–H and O–H groups in total. The van der Waals surface area contributed by atoms with Crippen molar-refractivity contribution in [1.29, 1.82) is 0 Å². The molecule has 0 nitrogen and oxygen atoms in total. The van der Waals surface area contributed by atoms with Gasteiger partial charge in [-0.2, -0.15) is 0 Å². The molecule has 0 atom stereocenters. The van der Waals surface area contributed by atoms with Crippen LogP contribution in [0.1, 0.15) is 44.2 Å². The van der Waals surface area contributed by atoms with Gasteiger partial charge in [-0.25, -0.2) is 0 Å². The lowest BCUT2D eigenvalue weighted by atomic mass is 10.3. The van der Waals surface area contributed by atoms with E-state index in [1.807, 2.05) is 0 Å². The van der Waals surface area contributed by atoms with E-state index in [4.69, 9.17) is 0 Å². The van der Waals surface area contributed by atoms with E-state index in [9.17, 15) is 0 Å². The molecule has 0 aliphatic carbocycles. The summed E-state index contributed by atoms with van der Waals surface area (Å²) in [5, 5.41) is 0. The molecule has 0 heterocycles. The second-order valence-electron chi connectivity index (χ2n) is 47.1. The quantitative estimate of drug-likeness (QED) is 0.120. The van der Waals surface area contributed by atoms with Crippen molar-refractivity contribution in [1.82, 2.24) is 0 Å². The third-order valence-corrected chi connectivity index (χ3v) is 84.5. The molecule has 0 radical (unpaired) electrons. The molecule has 86 heavy (non-hydrogen) atoms. The smallest absolute Gasteiger partial charge is 0.0776 e. The first-order chi connectivity index (χ1) is 34.8. The Morgan fingerprint density at radius 1 is 0.244 bits per heavy atom. The third-order valence-electron chi connectivity index (χ3n) is 9.39. The minimum Gasteiger partial charge on any atom is -0.0776 e. The zero-order valence-electron chi connectivity index (χ0n) is 72.4. The zero-order valence-corrected chi connectivity index (χ0v) is 90.7. The van der Waals surface area contributed by atoms with Gasteiger partial charge in [0.1, 0.15) is 0 Å². The summed E-state index contributed by atoms with van der Waals surface area (Å²) in [4.78, 5) is 2.29. The van der Waals surface area contributed by atoms with E-state index in [1.54, 1.807) is 17.0 Å². The van der Waals surface area contributed by atoms with Gasteiger partial charge in [-0.05, 0) is 24.7 Å². The highest BCUT2D eigenvalue weighted by atomic mass is 28.5. The summed E-state index contributed by atoms with van der Waals surface area (Å²) in [5.74, 6) is 0.833. The fraction of sp³-hybridized carbons (Fsp3) is 0.985. The average molecular weight is 1540 g/mol. The van der Waals surface area contributed by atoms with E-state index < -0.39 is 129 Å². The molecule has 0 saturated heterocycles. The molecule has 0 spiro atoms. The molecule has 0 rings (SSSR count). The molecule has 0 aliphatic heterocycles. The Hall–Kier alpha value is 3.77. The fourth-order valence-electron chi connectivity index (χ4n) is 14.0. The SMILES string of the molecule is C.C.CC(C)C.C[SiH](C)C.C[SiH](C)C.C[Si](C)(C)C.C[Si](C)(C)C.C[Si](C)(C)C([Si](C)(C)C)[Si](C)(C)C.C[Si](C)(C)C([Si](C)(C)C)[Si](C)(C)C.C[Si](C)(C)C[Si](C)(C)C.C[Si](C)(C)C[Si](C)(C)C.C[Si](C)(C)C[Si](C)(C)C.[2HH].[2HH].[2HH].[2HH].[CH2+][Si](C)(C)C[Si](C)(C)C.[HH].[HH]. The van der Waals surface area contributed by atoms with Crippen molar-refractivity contribution in [3.05, 3.63) is 6.55 Å². The molecule has 0 aromatic heterocycles. The Kier molecular flexibility index (Phi) is 67.7. The van der Waals surface area contributed by atoms with Gasteiger partial charge in [-0.3, -0.25) is 0 Å². The van der Waals surface area contributed by atoms with Gasteiger partial charge < -0.3 is 0 Å². The maximum Gasteiger partial charge on any atom is 0.256 e. The normalized spacial score (nSPS) is 13.1.